The van der Waals surface area contributed by atoms with Crippen LogP contribution < -0.4 is 9.47 Å². The summed E-state index contributed by atoms with van der Waals surface area (Å²) >= 11 is 3.57. The average molecular weight is 327 g/mol. The number of hydrogen-bond acceptors (Lipinski definition) is 3. The fourth-order valence-electron chi connectivity index (χ4n) is 2.61. The van der Waals surface area contributed by atoms with Crippen LogP contribution in [0, 0.1) is 0 Å². The van der Waals surface area contributed by atoms with E-state index < -0.39 is 5.60 Å². The highest BCUT2D eigenvalue weighted by Crippen LogP contribution is 2.45. The molecule has 1 saturated carbocycles. The minimum absolute atomic E-state index is 0.483. The van der Waals surface area contributed by atoms with Crippen LogP contribution in [0.4, 0.5) is 0 Å². The lowest BCUT2D eigenvalue weighted by atomic mass is 9.97. The van der Waals surface area contributed by atoms with Gasteiger partial charge in [0.2, 0.25) is 0 Å². The molecule has 0 radical (unpaired) electrons. The average Bonchev–Trinajstić information content (AvgIpc) is 3.13. The van der Waals surface area contributed by atoms with E-state index in [1.165, 1.54) is 11.1 Å². The first-order valence-electron chi connectivity index (χ1n) is 6.95. The van der Waals surface area contributed by atoms with E-state index in [-0.39, 0.29) is 0 Å². The van der Waals surface area contributed by atoms with Gasteiger partial charge in [-0.15, -0.1) is 0 Å². The van der Waals surface area contributed by atoms with Gasteiger partial charge < -0.3 is 14.6 Å². The van der Waals surface area contributed by atoms with Gasteiger partial charge >= 0.3 is 0 Å². The molecule has 1 aromatic carbocycles. The van der Waals surface area contributed by atoms with Crippen LogP contribution in [0.25, 0.3) is 0 Å². The van der Waals surface area contributed by atoms with Crippen molar-refractivity contribution in [2.75, 3.05) is 13.2 Å². The predicted molar refractivity (Wildman–Crippen MR) is 77.0 cm³/mol. The maximum Gasteiger partial charge on any atom is 0.175 e. The third kappa shape index (κ3) is 2.61. The van der Waals surface area contributed by atoms with Crippen LogP contribution in [0.1, 0.15) is 37.3 Å². The van der Waals surface area contributed by atoms with Gasteiger partial charge in [-0.25, -0.2) is 0 Å². The van der Waals surface area contributed by atoms with E-state index in [0.29, 0.717) is 19.6 Å². The van der Waals surface area contributed by atoms with E-state index in [1.807, 2.05) is 0 Å². The first-order valence-corrected chi connectivity index (χ1v) is 7.74. The van der Waals surface area contributed by atoms with E-state index >= 15 is 0 Å². The Bertz CT molecular complexity index is 495. The molecule has 1 aliphatic heterocycles. The summed E-state index contributed by atoms with van der Waals surface area (Å²) in [6.07, 6.45) is 4.32. The van der Waals surface area contributed by atoms with E-state index in [0.717, 1.165) is 41.7 Å². The lowest BCUT2D eigenvalue weighted by Gasteiger charge is -2.19. The molecule has 104 valence electrons. The molecule has 1 heterocycles. The molecule has 0 amide bonds. The zero-order chi connectivity index (χ0) is 13.5. The van der Waals surface area contributed by atoms with E-state index in [1.54, 1.807) is 0 Å². The van der Waals surface area contributed by atoms with Crippen LogP contribution in [0.3, 0.4) is 0 Å². The summed E-state index contributed by atoms with van der Waals surface area (Å²) in [5.74, 6) is 1.69. The molecule has 0 bridgehead atoms. The van der Waals surface area contributed by atoms with Crippen LogP contribution in [0.2, 0.25) is 0 Å². The third-order valence-electron chi connectivity index (χ3n) is 3.87. The van der Waals surface area contributed by atoms with Gasteiger partial charge in [0.1, 0.15) is 0 Å². The molecular weight excluding hydrogens is 308 g/mol. The highest BCUT2D eigenvalue weighted by molar-refractivity contribution is 9.10. The summed E-state index contributed by atoms with van der Waals surface area (Å²) < 4.78 is 12.6. The summed E-state index contributed by atoms with van der Waals surface area (Å²) in [7, 11) is 0. The Morgan fingerprint density at radius 2 is 1.95 bits per heavy atom. The van der Waals surface area contributed by atoms with E-state index in [4.69, 9.17) is 9.47 Å². The molecule has 3 nitrogen and oxygen atoms in total. The van der Waals surface area contributed by atoms with Gasteiger partial charge in [-0.05, 0) is 46.8 Å². The molecule has 1 N–H and O–H groups in total. The predicted octanol–water partition coefficient (Wildman–Crippen LogP) is 3.24. The summed E-state index contributed by atoms with van der Waals surface area (Å²) in [5.41, 5.74) is 1.88. The molecule has 1 fully saturated rings. The molecule has 1 aromatic rings. The maximum absolute atomic E-state index is 10.2. The molecule has 3 rings (SSSR count). The molecule has 19 heavy (non-hydrogen) atoms. The van der Waals surface area contributed by atoms with Crippen LogP contribution in [-0.4, -0.2) is 23.9 Å². The smallest absolute Gasteiger partial charge is 0.175 e. The van der Waals surface area contributed by atoms with Crippen molar-refractivity contribution in [3.63, 3.8) is 0 Å². The Labute approximate surface area is 122 Å². The molecule has 2 aliphatic rings. The van der Waals surface area contributed by atoms with Crippen molar-refractivity contribution in [3.05, 3.63) is 21.7 Å². The van der Waals surface area contributed by atoms with Crippen LogP contribution in [0.15, 0.2) is 10.5 Å². The number of hydrogen-bond donors (Lipinski definition) is 1. The molecule has 0 atom stereocenters. The number of benzene rings is 1. The maximum atomic E-state index is 10.2. The fraction of sp³-hybridized carbons (Fsp3) is 0.600. The second kappa shape index (κ2) is 4.98. The zero-order valence-corrected chi connectivity index (χ0v) is 12.8. The van der Waals surface area contributed by atoms with Gasteiger partial charge in [0, 0.05) is 18.4 Å². The Kier molecular flexibility index (Phi) is 3.48. The first kappa shape index (κ1) is 13.3. The van der Waals surface area contributed by atoms with Crippen molar-refractivity contribution in [2.45, 2.75) is 44.6 Å². The minimum Gasteiger partial charge on any atom is -0.489 e. The lowest BCUT2D eigenvalue weighted by molar-refractivity contribution is 0.150. The summed E-state index contributed by atoms with van der Waals surface area (Å²) in [6, 6.07) is 2.09. The van der Waals surface area contributed by atoms with Gasteiger partial charge in [-0.3, -0.25) is 0 Å². The summed E-state index contributed by atoms with van der Waals surface area (Å²) in [6.45, 7) is 3.51. The first-order chi connectivity index (χ1) is 9.13. The minimum atomic E-state index is -0.483. The van der Waals surface area contributed by atoms with Crippen molar-refractivity contribution in [1.29, 1.82) is 0 Å². The number of aliphatic hydroxyl groups is 1. The molecule has 0 saturated heterocycles. The fourth-order valence-corrected chi connectivity index (χ4v) is 3.18. The van der Waals surface area contributed by atoms with Gasteiger partial charge in [0.05, 0.1) is 23.3 Å². The molecule has 0 spiro atoms. The number of rotatable bonds is 3. The van der Waals surface area contributed by atoms with Crippen molar-refractivity contribution in [1.82, 2.24) is 0 Å². The topological polar surface area (TPSA) is 38.7 Å². The summed E-state index contributed by atoms with van der Waals surface area (Å²) in [4.78, 5) is 0. The van der Waals surface area contributed by atoms with Crippen molar-refractivity contribution in [2.24, 2.45) is 0 Å². The SMILES string of the molecule is CCc1c(CC2(O)CC2)cc(Br)c2c1OCCCO2. The van der Waals surface area contributed by atoms with Crippen LogP contribution in [0.5, 0.6) is 11.5 Å². The zero-order valence-electron chi connectivity index (χ0n) is 11.2. The third-order valence-corrected chi connectivity index (χ3v) is 4.46. The van der Waals surface area contributed by atoms with Gasteiger partial charge in [0.15, 0.2) is 11.5 Å². The summed E-state index contributed by atoms with van der Waals surface area (Å²) in [5, 5.41) is 10.2. The van der Waals surface area contributed by atoms with Crippen molar-refractivity contribution >= 4 is 15.9 Å². The second-order valence-corrected chi connectivity index (χ2v) is 6.31. The Hall–Kier alpha value is -0.740. The highest BCUT2D eigenvalue weighted by Gasteiger charge is 2.41. The normalized spacial score (nSPS) is 19.9. The monoisotopic (exact) mass is 326 g/mol. The number of halogens is 1. The van der Waals surface area contributed by atoms with Gasteiger partial charge in [-0.2, -0.15) is 0 Å². The molecule has 0 unspecified atom stereocenters. The van der Waals surface area contributed by atoms with Crippen molar-refractivity contribution < 1.29 is 14.6 Å². The molecule has 4 heteroatoms. The lowest BCUT2D eigenvalue weighted by Crippen LogP contribution is -2.13. The number of fused-ring (bicyclic) bond motifs is 1. The van der Waals surface area contributed by atoms with E-state index in [9.17, 15) is 5.11 Å². The Morgan fingerprint density at radius 1 is 1.26 bits per heavy atom. The molecular formula is C15H19BrO3. The Morgan fingerprint density at radius 3 is 2.58 bits per heavy atom. The van der Waals surface area contributed by atoms with E-state index in [2.05, 4.69) is 28.9 Å². The van der Waals surface area contributed by atoms with Crippen LogP contribution >= 0.6 is 15.9 Å². The van der Waals surface area contributed by atoms with Crippen molar-refractivity contribution in [3.8, 4) is 11.5 Å². The second-order valence-electron chi connectivity index (χ2n) is 5.46. The molecule has 1 aliphatic carbocycles. The van der Waals surface area contributed by atoms with Gasteiger partial charge in [-0.1, -0.05) is 6.92 Å². The standard InChI is InChI=1S/C15H19BrO3/c1-2-11-10(9-15(17)4-5-15)8-12(16)14-13(11)18-6-3-7-19-14/h8,17H,2-7,9H2,1H3. The highest BCUT2D eigenvalue weighted by atomic mass is 79.9. The quantitative estimate of drug-likeness (QED) is 0.926. The largest absolute Gasteiger partial charge is 0.489 e. The molecule has 0 aromatic heterocycles. The Balaban J connectivity index is 2.04. The number of ether oxygens (including phenoxy) is 2. The van der Waals surface area contributed by atoms with Crippen LogP contribution in [-0.2, 0) is 12.8 Å². The van der Waals surface area contributed by atoms with Gasteiger partial charge in [0.25, 0.3) is 0 Å².